The van der Waals surface area contributed by atoms with Gasteiger partial charge in [-0.3, -0.25) is 19.2 Å². The van der Waals surface area contributed by atoms with Gasteiger partial charge >= 0.3 is 12.4 Å². The third-order valence-electron chi connectivity index (χ3n) is 8.77. The summed E-state index contributed by atoms with van der Waals surface area (Å²) >= 11 is 9.34. The molecule has 0 radical (unpaired) electrons. The average molecular weight is 731 g/mol. The van der Waals surface area contributed by atoms with E-state index in [9.17, 15) is 50.6 Å². The van der Waals surface area contributed by atoms with Crippen molar-refractivity contribution < 1.29 is 55.4 Å². The van der Waals surface area contributed by atoms with Crippen molar-refractivity contribution in [2.75, 3.05) is 12.0 Å². The van der Waals surface area contributed by atoms with Crippen molar-refractivity contribution in [3.05, 3.63) is 85.4 Å². The minimum atomic E-state index is -5.22. The maximum atomic E-state index is 14.0. The van der Waals surface area contributed by atoms with E-state index in [0.717, 1.165) is 6.08 Å². The smallest absolute Gasteiger partial charge is 0.416 e. The fourth-order valence-electron chi connectivity index (χ4n) is 6.82. The van der Waals surface area contributed by atoms with Crippen LogP contribution in [0.3, 0.4) is 0 Å². The molecule has 3 aliphatic carbocycles. The Balaban J connectivity index is 1.50. The van der Waals surface area contributed by atoms with E-state index in [4.69, 9.17) is 16.3 Å². The van der Waals surface area contributed by atoms with E-state index < -0.39 is 82.0 Å². The van der Waals surface area contributed by atoms with Crippen LogP contribution in [0.2, 0.25) is 5.02 Å². The summed E-state index contributed by atoms with van der Waals surface area (Å²) in [7, 11) is 1.26. The monoisotopic (exact) mass is 729 g/mol. The van der Waals surface area contributed by atoms with Crippen molar-refractivity contribution in [3.8, 4) is 11.5 Å². The van der Waals surface area contributed by atoms with Crippen molar-refractivity contribution in [1.29, 1.82) is 0 Å². The fourth-order valence-corrected chi connectivity index (χ4v) is 7.49. The van der Waals surface area contributed by atoms with Crippen LogP contribution in [0.4, 0.5) is 32.0 Å². The molecular weight excluding hydrogens is 712 g/mol. The Kier molecular flexibility index (Phi) is 7.54. The van der Waals surface area contributed by atoms with Gasteiger partial charge in [0, 0.05) is 23.1 Å². The van der Waals surface area contributed by atoms with Gasteiger partial charge in [-0.25, -0.2) is 4.90 Å². The summed E-state index contributed by atoms with van der Waals surface area (Å²) in [5.74, 6) is -8.00. The molecule has 0 saturated carbocycles. The molecule has 7 nitrogen and oxygen atoms in total. The number of carbonyl (C=O) groups is 4. The highest BCUT2D eigenvalue weighted by Crippen LogP contribution is 2.57. The summed E-state index contributed by atoms with van der Waals surface area (Å²) in [5.41, 5.74) is -3.45. The summed E-state index contributed by atoms with van der Waals surface area (Å²) in [4.78, 5) is 54.7. The Labute approximate surface area is 269 Å². The molecule has 4 atom stereocenters. The Hall–Kier alpha value is -3.91. The molecule has 4 unspecified atom stereocenters. The molecule has 1 heterocycles. The van der Waals surface area contributed by atoms with E-state index in [1.54, 1.807) is 6.08 Å². The maximum Gasteiger partial charge on any atom is 0.416 e. The summed E-state index contributed by atoms with van der Waals surface area (Å²) in [6, 6.07) is 3.28. The van der Waals surface area contributed by atoms with Crippen LogP contribution in [-0.2, 0) is 31.5 Å². The second kappa shape index (κ2) is 10.8. The van der Waals surface area contributed by atoms with Crippen LogP contribution < -0.4 is 9.64 Å². The Morgan fingerprint density at radius 1 is 0.935 bits per heavy atom. The molecule has 240 valence electrons. The third-order valence-corrected chi connectivity index (χ3v) is 9.64. The predicted molar refractivity (Wildman–Crippen MR) is 153 cm³/mol. The molecule has 2 aromatic rings. The van der Waals surface area contributed by atoms with E-state index in [-0.39, 0.29) is 45.3 Å². The first-order valence-electron chi connectivity index (χ1n) is 13.6. The third kappa shape index (κ3) is 4.96. The van der Waals surface area contributed by atoms with Crippen LogP contribution >= 0.6 is 27.5 Å². The number of imide groups is 1. The van der Waals surface area contributed by atoms with Crippen LogP contribution in [0.25, 0.3) is 0 Å². The molecule has 0 spiro atoms. The number of carbonyl (C=O) groups excluding carboxylic acids is 4. The number of amides is 2. The number of alkyl halides is 6. The largest absolute Gasteiger partial charge is 0.503 e. The number of methoxy groups -OCH3 is 1. The summed E-state index contributed by atoms with van der Waals surface area (Å²) in [6.45, 7) is 0. The number of benzene rings is 2. The second-order valence-corrected chi connectivity index (χ2v) is 12.5. The Bertz CT molecular complexity index is 1830. The number of ether oxygens (including phenoxy) is 1. The van der Waals surface area contributed by atoms with Crippen LogP contribution in [-0.4, -0.2) is 35.6 Å². The number of phenols is 1. The lowest BCUT2D eigenvalue weighted by molar-refractivity contribution is -0.143. The first-order valence-corrected chi connectivity index (χ1v) is 14.7. The highest BCUT2D eigenvalue weighted by Gasteiger charge is 2.57. The molecule has 2 aromatic carbocycles. The van der Waals surface area contributed by atoms with Gasteiger partial charge in [-0.1, -0.05) is 23.3 Å². The van der Waals surface area contributed by atoms with Gasteiger partial charge in [-0.15, -0.1) is 0 Å². The number of fused-ring (bicyclic) bond motifs is 3. The fraction of sp³-hybridized carbons (Fsp3) is 0.290. The highest BCUT2D eigenvalue weighted by molar-refractivity contribution is 9.12. The topological polar surface area (TPSA) is 101 Å². The highest BCUT2D eigenvalue weighted by atomic mass is 79.9. The van der Waals surface area contributed by atoms with Gasteiger partial charge in [-0.05, 0) is 70.6 Å². The van der Waals surface area contributed by atoms with E-state index in [1.165, 1.54) is 19.2 Å². The number of ketones is 2. The molecule has 6 rings (SSSR count). The summed E-state index contributed by atoms with van der Waals surface area (Å²) in [5, 5.41) is 10.2. The van der Waals surface area contributed by atoms with Crippen LogP contribution in [0.5, 0.6) is 11.5 Å². The minimum Gasteiger partial charge on any atom is -0.503 e. The lowest BCUT2D eigenvalue weighted by Gasteiger charge is -2.42. The van der Waals surface area contributed by atoms with Crippen LogP contribution in [0.15, 0.2) is 63.7 Å². The number of aromatic hydroxyl groups is 1. The minimum absolute atomic E-state index is 0.0208. The molecular formula is C31H19BrClF6NO6. The number of rotatable bonds is 3. The van der Waals surface area contributed by atoms with Crippen molar-refractivity contribution >= 4 is 56.6 Å². The number of halogens is 8. The second-order valence-electron chi connectivity index (χ2n) is 11.2. The molecule has 1 N–H and O–H groups in total. The number of Topliss-reactive ketones (excluding diaryl/α,β-unsaturated/α-hetero) is 1. The molecule has 0 bridgehead atoms. The van der Waals surface area contributed by atoms with Gasteiger partial charge in [-0.2, -0.15) is 26.3 Å². The lowest BCUT2D eigenvalue weighted by Crippen LogP contribution is -2.39. The lowest BCUT2D eigenvalue weighted by atomic mass is 9.59. The molecule has 46 heavy (non-hydrogen) atoms. The van der Waals surface area contributed by atoms with Gasteiger partial charge < -0.3 is 9.84 Å². The van der Waals surface area contributed by atoms with E-state index in [1.807, 2.05) is 0 Å². The maximum absolute atomic E-state index is 14.0. The van der Waals surface area contributed by atoms with Crippen LogP contribution in [0.1, 0.15) is 35.4 Å². The SMILES string of the molecule is COc1cc(C2C3=CCC4C(=O)N(c5cc(C(F)(F)F)cc(C(F)(F)F)c5)C(=O)C4C3CC3=C2C(=O)C=C(Br)C3=O)cc(Cl)c1O. The standard InChI is InChI=1S/C31H19BrClF6NO6/c1-46-22-5-11(4-20(33)27(22)43)23-15-2-3-16-24(17(15)9-18-25(23)21(41)10-19(32)26(18)42)29(45)40(28(16)44)14-7-12(30(34,35)36)6-13(8-14)31(37,38)39/h2,4-8,10,16-17,23-24,43H,3,9H2,1H3. The van der Waals surface area contributed by atoms with E-state index in [0.29, 0.717) is 28.2 Å². The predicted octanol–water partition coefficient (Wildman–Crippen LogP) is 7.06. The van der Waals surface area contributed by atoms with Crippen molar-refractivity contribution in [2.24, 2.45) is 17.8 Å². The summed E-state index contributed by atoms with van der Waals surface area (Å²) < 4.78 is 87.0. The number of hydrogen-bond acceptors (Lipinski definition) is 6. The average Bonchev–Trinajstić information content (AvgIpc) is 3.24. The molecule has 2 amide bonds. The molecule has 1 fully saturated rings. The number of nitrogens with zero attached hydrogens (tertiary/aromatic N) is 1. The van der Waals surface area contributed by atoms with Crippen molar-refractivity contribution in [2.45, 2.75) is 31.1 Å². The molecule has 4 aliphatic rings. The van der Waals surface area contributed by atoms with Gasteiger partial charge in [0.2, 0.25) is 11.8 Å². The van der Waals surface area contributed by atoms with Crippen molar-refractivity contribution in [3.63, 3.8) is 0 Å². The summed E-state index contributed by atoms with van der Waals surface area (Å²) in [6.07, 6.45) is -8.09. The van der Waals surface area contributed by atoms with E-state index in [2.05, 4.69) is 15.9 Å². The normalized spacial score (nSPS) is 24.8. The van der Waals surface area contributed by atoms with Gasteiger partial charge in [0.25, 0.3) is 0 Å². The number of anilines is 1. The van der Waals surface area contributed by atoms with Crippen molar-refractivity contribution in [1.82, 2.24) is 0 Å². The zero-order chi connectivity index (χ0) is 33.6. The zero-order valence-corrected chi connectivity index (χ0v) is 25.6. The van der Waals surface area contributed by atoms with Crippen LogP contribution in [0, 0.1) is 17.8 Å². The molecule has 15 heteroatoms. The van der Waals surface area contributed by atoms with Gasteiger partial charge in [0.15, 0.2) is 23.1 Å². The van der Waals surface area contributed by atoms with Gasteiger partial charge in [0.05, 0.1) is 45.3 Å². The Morgan fingerprint density at radius 3 is 2.15 bits per heavy atom. The number of hydrogen-bond donors (Lipinski definition) is 1. The number of allylic oxidation sites excluding steroid dienone is 6. The van der Waals surface area contributed by atoms with Gasteiger partial charge in [0.1, 0.15) is 0 Å². The molecule has 0 aromatic heterocycles. The number of phenolic OH excluding ortho intramolecular Hbond substituents is 1. The first kappa shape index (κ1) is 32.0. The quantitative estimate of drug-likeness (QED) is 0.157. The van der Waals surface area contributed by atoms with E-state index >= 15 is 0 Å². The molecule has 1 aliphatic heterocycles. The molecule has 1 saturated heterocycles. The first-order chi connectivity index (χ1) is 21.4. The zero-order valence-electron chi connectivity index (χ0n) is 23.2. The Morgan fingerprint density at radius 2 is 1.57 bits per heavy atom.